The number of amides is 1. The lowest BCUT2D eigenvalue weighted by atomic mass is 10.1. The molecule has 3 nitrogen and oxygen atoms in total. The van der Waals surface area contributed by atoms with Crippen LogP contribution >= 0.6 is 0 Å². The number of nitrogens with one attached hydrogen (secondary N) is 1. The van der Waals surface area contributed by atoms with Crippen molar-refractivity contribution in [3.05, 3.63) is 42.0 Å². The minimum absolute atomic E-state index is 0.0449. The molecule has 1 atom stereocenters. The van der Waals surface area contributed by atoms with Crippen molar-refractivity contribution in [2.45, 2.75) is 66.5 Å². The minimum Gasteiger partial charge on any atom is -0.444 e. The highest BCUT2D eigenvalue weighted by molar-refractivity contribution is 5.68. The average molecular weight is 305 g/mol. The maximum absolute atomic E-state index is 11.6. The largest absolute Gasteiger partial charge is 0.444 e. The average Bonchev–Trinajstić information content (AvgIpc) is 2.45. The molecule has 0 fully saturated rings. The SMILES string of the molecule is C/C(=C\CC(C)NC(=O)OC(C)(C)C)c1ccccc1.CC. The fourth-order valence-corrected chi connectivity index (χ4v) is 1.74. The molecule has 124 valence electrons. The van der Waals surface area contributed by atoms with E-state index in [2.05, 4.69) is 30.4 Å². The van der Waals surface area contributed by atoms with Crippen molar-refractivity contribution in [1.29, 1.82) is 0 Å². The molecule has 0 saturated carbocycles. The summed E-state index contributed by atoms with van der Waals surface area (Å²) in [5.74, 6) is 0. The van der Waals surface area contributed by atoms with E-state index in [4.69, 9.17) is 4.74 Å². The summed E-state index contributed by atoms with van der Waals surface area (Å²) in [6.45, 7) is 13.6. The maximum Gasteiger partial charge on any atom is 0.407 e. The zero-order chi connectivity index (χ0) is 17.2. The van der Waals surface area contributed by atoms with Crippen LogP contribution in [0.2, 0.25) is 0 Å². The van der Waals surface area contributed by atoms with Crippen LogP contribution in [-0.4, -0.2) is 17.7 Å². The van der Waals surface area contributed by atoms with Crippen molar-refractivity contribution in [2.24, 2.45) is 0 Å². The van der Waals surface area contributed by atoms with E-state index in [9.17, 15) is 4.79 Å². The van der Waals surface area contributed by atoms with E-state index >= 15 is 0 Å². The highest BCUT2D eigenvalue weighted by atomic mass is 16.6. The Morgan fingerprint density at radius 3 is 2.27 bits per heavy atom. The van der Waals surface area contributed by atoms with Crippen molar-refractivity contribution in [3.8, 4) is 0 Å². The van der Waals surface area contributed by atoms with Crippen molar-refractivity contribution < 1.29 is 9.53 Å². The van der Waals surface area contributed by atoms with Crippen LogP contribution in [0.5, 0.6) is 0 Å². The molecule has 0 radical (unpaired) electrons. The Morgan fingerprint density at radius 1 is 1.23 bits per heavy atom. The number of hydrogen-bond donors (Lipinski definition) is 1. The zero-order valence-electron chi connectivity index (χ0n) is 15.1. The van der Waals surface area contributed by atoms with E-state index in [1.165, 1.54) is 11.1 Å². The molecule has 0 bridgehead atoms. The van der Waals surface area contributed by atoms with Gasteiger partial charge in [0, 0.05) is 6.04 Å². The number of rotatable bonds is 4. The molecule has 3 heteroatoms. The second kappa shape index (κ2) is 10.0. The number of hydrogen-bond acceptors (Lipinski definition) is 2. The van der Waals surface area contributed by atoms with Crippen LogP contribution in [0, 0.1) is 0 Å². The number of alkyl carbamates (subject to hydrolysis) is 1. The van der Waals surface area contributed by atoms with Gasteiger partial charge in [-0.3, -0.25) is 0 Å². The summed E-state index contributed by atoms with van der Waals surface area (Å²) >= 11 is 0. The molecular formula is C19H31NO2. The number of allylic oxidation sites excluding steroid dienone is 1. The van der Waals surface area contributed by atoms with Crippen LogP contribution < -0.4 is 5.32 Å². The van der Waals surface area contributed by atoms with Crippen molar-refractivity contribution >= 4 is 11.7 Å². The van der Waals surface area contributed by atoms with Crippen molar-refractivity contribution in [3.63, 3.8) is 0 Å². The third-order valence-corrected chi connectivity index (χ3v) is 2.77. The monoisotopic (exact) mass is 305 g/mol. The van der Waals surface area contributed by atoms with Gasteiger partial charge >= 0.3 is 6.09 Å². The lowest BCUT2D eigenvalue weighted by molar-refractivity contribution is 0.0509. The highest BCUT2D eigenvalue weighted by Gasteiger charge is 2.17. The van der Waals surface area contributed by atoms with Crippen LogP contribution in [0.25, 0.3) is 5.57 Å². The first-order valence-electron chi connectivity index (χ1n) is 7.99. The molecule has 1 unspecified atom stereocenters. The van der Waals surface area contributed by atoms with E-state index in [1.54, 1.807) is 0 Å². The topological polar surface area (TPSA) is 38.3 Å². The molecule has 1 N–H and O–H groups in total. The van der Waals surface area contributed by atoms with Gasteiger partial charge in [0.1, 0.15) is 5.60 Å². The van der Waals surface area contributed by atoms with E-state index in [0.29, 0.717) is 0 Å². The van der Waals surface area contributed by atoms with Crippen LogP contribution in [0.1, 0.15) is 60.5 Å². The minimum atomic E-state index is -0.459. The van der Waals surface area contributed by atoms with Gasteiger partial charge in [-0.25, -0.2) is 4.79 Å². The van der Waals surface area contributed by atoms with Crippen LogP contribution in [-0.2, 0) is 4.74 Å². The molecule has 0 saturated heterocycles. The van der Waals surface area contributed by atoms with Gasteiger partial charge < -0.3 is 10.1 Å². The summed E-state index contributed by atoms with van der Waals surface area (Å²) in [6, 6.07) is 10.3. The molecule has 0 aliphatic rings. The molecule has 0 spiro atoms. The first-order chi connectivity index (χ1) is 10.3. The molecule has 1 aromatic rings. The number of benzene rings is 1. The standard InChI is InChI=1S/C17H25NO2.C2H6/c1-13(15-9-7-6-8-10-15)11-12-14(2)18-16(19)20-17(3,4)5;1-2/h6-11,14H,12H2,1-5H3,(H,18,19);1-2H3/b13-11+;. The van der Waals surface area contributed by atoms with Gasteiger partial charge in [0.05, 0.1) is 0 Å². The third kappa shape index (κ3) is 9.22. The number of ether oxygens (including phenoxy) is 1. The van der Waals surface area contributed by atoms with Gasteiger partial charge in [0.25, 0.3) is 0 Å². The van der Waals surface area contributed by atoms with E-state index in [-0.39, 0.29) is 12.1 Å². The Hall–Kier alpha value is -1.77. The van der Waals surface area contributed by atoms with Crippen LogP contribution in [0.4, 0.5) is 4.79 Å². The predicted octanol–water partition coefficient (Wildman–Crippen LogP) is 5.42. The molecule has 0 heterocycles. The summed E-state index contributed by atoms with van der Waals surface area (Å²) in [4.78, 5) is 11.6. The molecule has 1 aromatic carbocycles. The van der Waals surface area contributed by atoms with E-state index in [1.807, 2.05) is 59.7 Å². The molecule has 0 aliphatic carbocycles. The first kappa shape index (κ1) is 20.2. The second-order valence-electron chi connectivity index (χ2n) is 6.04. The van der Waals surface area contributed by atoms with E-state index in [0.717, 1.165) is 6.42 Å². The quantitative estimate of drug-likeness (QED) is 0.806. The molecular weight excluding hydrogens is 274 g/mol. The van der Waals surface area contributed by atoms with Gasteiger partial charge in [0.2, 0.25) is 0 Å². The lowest BCUT2D eigenvalue weighted by Gasteiger charge is -2.21. The molecule has 0 aromatic heterocycles. The highest BCUT2D eigenvalue weighted by Crippen LogP contribution is 2.14. The smallest absolute Gasteiger partial charge is 0.407 e. The number of carbonyl (C=O) groups is 1. The number of carbonyl (C=O) groups excluding carboxylic acids is 1. The Morgan fingerprint density at radius 2 is 1.77 bits per heavy atom. The Labute approximate surface area is 135 Å². The van der Waals surface area contributed by atoms with Crippen LogP contribution in [0.3, 0.4) is 0 Å². The summed E-state index contributed by atoms with van der Waals surface area (Å²) in [7, 11) is 0. The fraction of sp³-hybridized carbons (Fsp3) is 0.526. The molecule has 1 rings (SSSR count). The Kier molecular flexibility index (Phi) is 9.23. The molecule has 22 heavy (non-hydrogen) atoms. The third-order valence-electron chi connectivity index (χ3n) is 2.77. The zero-order valence-corrected chi connectivity index (χ0v) is 15.1. The maximum atomic E-state index is 11.6. The van der Waals surface area contributed by atoms with Crippen molar-refractivity contribution in [2.75, 3.05) is 0 Å². The first-order valence-corrected chi connectivity index (χ1v) is 7.99. The Bertz CT molecular complexity index is 458. The summed E-state index contributed by atoms with van der Waals surface area (Å²) < 4.78 is 5.23. The van der Waals surface area contributed by atoms with E-state index < -0.39 is 5.60 Å². The van der Waals surface area contributed by atoms with Gasteiger partial charge in [-0.05, 0) is 52.2 Å². The predicted molar refractivity (Wildman–Crippen MR) is 94.9 cm³/mol. The Balaban J connectivity index is 0.00000211. The van der Waals surface area contributed by atoms with Gasteiger partial charge in [-0.1, -0.05) is 50.3 Å². The molecule has 0 aliphatic heterocycles. The summed E-state index contributed by atoms with van der Waals surface area (Å²) in [6.07, 6.45) is 2.55. The van der Waals surface area contributed by atoms with Gasteiger partial charge in [-0.15, -0.1) is 0 Å². The summed E-state index contributed by atoms with van der Waals surface area (Å²) in [5.41, 5.74) is 1.96. The fourth-order valence-electron chi connectivity index (χ4n) is 1.74. The normalized spacial score (nSPS) is 12.8. The lowest BCUT2D eigenvalue weighted by Crippen LogP contribution is -2.37. The van der Waals surface area contributed by atoms with Crippen molar-refractivity contribution in [1.82, 2.24) is 5.32 Å². The molecule has 1 amide bonds. The van der Waals surface area contributed by atoms with Crippen LogP contribution in [0.15, 0.2) is 36.4 Å². The van der Waals surface area contributed by atoms with Gasteiger partial charge in [-0.2, -0.15) is 0 Å². The van der Waals surface area contributed by atoms with Gasteiger partial charge in [0.15, 0.2) is 0 Å². The second-order valence-corrected chi connectivity index (χ2v) is 6.04. The summed E-state index contributed by atoms with van der Waals surface area (Å²) in [5, 5.41) is 2.84.